The van der Waals surface area contributed by atoms with Crippen molar-refractivity contribution >= 4 is 5.97 Å². The SMILES string of the molecule is CC(C)COCCOC(=O)C(CN)C(C)C. The van der Waals surface area contributed by atoms with Crippen molar-refractivity contribution < 1.29 is 14.3 Å². The Morgan fingerprint density at radius 3 is 2.25 bits per heavy atom. The van der Waals surface area contributed by atoms with Gasteiger partial charge in [-0.3, -0.25) is 4.79 Å². The lowest BCUT2D eigenvalue weighted by atomic mass is 9.96. The van der Waals surface area contributed by atoms with Crippen LogP contribution in [0, 0.1) is 17.8 Å². The molecular weight excluding hydrogens is 206 g/mol. The first kappa shape index (κ1) is 15.4. The quantitative estimate of drug-likeness (QED) is 0.507. The standard InChI is InChI=1S/C12H25NO3/c1-9(2)8-15-5-6-16-12(14)11(7-13)10(3)4/h9-11H,5-8,13H2,1-4H3. The normalized spacial score (nSPS) is 13.2. The smallest absolute Gasteiger partial charge is 0.310 e. The van der Waals surface area contributed by atoms with Gasteiger partial charge in [-0.2, -0.15) is 0 Å². The molecule has 0 spiro atoms. The molecule has 0 saturated carbocycles. The minimum absolute atomic E-state index is 0.204. The molecule has 0 aliphatic rings. The number of ether oxygens (including phenoxy) is 2. The number of carbonyl (C=O) groups is 1. The van der Waals surface area contributed by atoms with Crippen molar-refractivity contribution in [3.63, 3.8) is 0 Å². The molecule has 0 aromatic carbocycles. The monoisotopic (exact) mass is 231 g/mol. The zero-order valence-corrected chi connectivity index (χ0v) is 10.9. The molecule has 2 N–H and O–H groups in total. The second-order valence-corrected chi connectivity index (χ2v) is 4.72. The summed E-state index contributed by atoms with van der Waals surface area (Å²) < 4.78 is 10.4. The predicted molar refractivity (Wildman–Crippen MR) is 64.0 cm³/mol. The van der Waals surface area contributed by atoms with Gasteiger partial charge in [0, 0.05) is 13.2 Å². The maximum Gasteiger partial charge on any atom is 0.310 e. The maximum atomic E-state index is 11.6. The van der Waals surface area contributed by atoms with E-state index in [9.17, 15) is 4.79 Å². The van der Waals surface area contributed by atoms with Crippen LogP contribution in [0.15, 0.2) is 0 Å². The summed E-state index contributed by atoms with van der Waals surface area (Å²) in [5, 5.41) is 0. The van der Waals surface area contributed by atoms with Gasteiger partial charge in [-0.1, -0.05) is 27.7 Å². The molecule has 0 aliphatic heterocycles. The largest absolute Gasteiger partial charge is 0.463 e. The minimum atomic E-state index is -0.217. The molecule has 16 heavy (non-hydrogen) atoms. The van der Waals surface area contributed by atoms with E-state index in [1.165, 1.54) is 0 Å². The number of esters is 1. The molecule has 4 nitrogen and oxygen atoms in total. The molecule has 1 atom stereocenters. The lowest BCUT2D eigenvalue weighted by molar-refractivity contribution is -0.151. The number of carbonyl (C=O) groups excluding carboxylic acids is 1. The fraction of sp³-hybridized carbons (Fsp3) is 0.917. The highest BCUT2D eigenvalue weighted by Crippen LogP contribution is 2.10. The molecule has 0 radical (unpaired) electrons. The van der Waals surface area contributed by atoms with Crippen LogP contribution in [-0.4, -0.2) is 32.3 Å². The van der Waals surface area contributed by atoms with Crippen molar-refractivity contribution in [1.82, 2.24) is 0 Å². The Morgan fingerprint density at radius 2 is 1.81 bits per heavy atom. The third-order valence-corrected chi connectivity index (χ3v) is 2.28. The van der Waals surface area contributed by atoms with Crippen LogP contribution < -0.4 is 5.73 Å². The van der Waals surface area contributed by atoms with E-state index in [0.29, 0.717) is 32.3 Å². The van der Waals surface area contributed by atoms with Crippen LogP contribution in [0.5, 0.6) is 0 Å². The fourth-order valence-corrected chi connectivity index (χ4v) is 1.27. The van der Waals surface area contributed by atoms with E-state index in [4.69, 9.17) is 15.2 Å². The van der Waals surface area contributed by atoms with Crippen LogP contribution in [0.3, 0.4) is 0 Å². The molecular formula is C12H25NO3. The van der Waals surface area contributed by atoms with Crippen molar-refractivity contribution in [2.45, 2.75) is 27.7 Å². The Morgan fingerprint density at radius 1 is 1.19 bits per heavy atom. The van der Waals surface area contributed by atoms with Crippen LogP contribution >= 0.6 is 0 Å². The Bertz CT molecular complexity index is 193. The molecule has 0 fully saturated rings. The van der Waals surface area contributed by atoms with Gasteiger partial charge >= 0.3 is 5.97 Å². The van der Waals surface area contributed by atoms with Crippen LogP contribution in [0.4, 0.5) is 0 Å². The van der Waals surface area contributed by atoms with Crippen molar-refractivity contribution in [1.29, 1.82) is 0 Å². The summed E-state index contributed by atoms with van der Waals surface area (Å²) in [5.74, 6) is 0.299. The second-order valence-electron chi connectivity index (χ2n) is 4.72. The first-order valence-electron chi connectivity index (χ1n) is 5.93. The van der Waals surface area contributed by atoms with Gasteiger partial charge in [0.05, 0.1) is 12.5 Å². The molecule has 0 bridgehead atoms. The molecule has 1 unspecified atom stereocenters. The highest BCUT2D eigenvalue weighted by molar-refractivity contribution is 5.72. The van der Waals surface area contributed by atoms with Crippen LogP contribution in [0.25, 0.3) is 0 Å². The summed E-state index contributed by atoms with van der Waals surface area (Å²) >= 11 is 0. The lowest BCUT2D eigenvalue weighted by Gasteiger charge is -2.17. The molecule has 0 aromatic heterocycles. The first-order chi connectivity index (χ1) is 7.49. The minimum Gasteiger partial charge on any atom is -0.463 e. The van der Waals surface area contributed by atoms with Gasteiger partial charge in [0.25, 0.3) is 0 Å². The number of hydrogen-bond donors (Lipinski definition) is 1. The van der Waals surface area contributed by atoms with Crippen LogP contribution in [0.1, 0.15) is 27.7 Å². The molecule has 0 amide bonds. The van der Waals surface area contributed by atoms with E-state index in [1.807, 2.05) is 13.8 Å². The Balaban J connectivity index is 3.64. The van der Waals surface area contributed by atoms with E-state index in [0.717, 1.165) is 0 Å². The topological polar surface area (TPSA) is 61.5 Å². The highest BCUT2D eigenvalue weighted by Gasteiger charge is 2.21. The predicted octanol–water partition coefficient (Wildman–Crippen LogP) is 1.43. The van der Waals surface area contributed by atoms with Crippen molar-refractivity contribution in [2.75, 3.05) is 26.4 Å². The van der Waals surface area contributed by atoms with Crippen molar-refractivity contribution in [3.8, 4) is 0 Å². The first-order valence-corrected chi connectivity index (χ1v) is 5.93. The number of hydrogen-bond acceptors (Lipinski definition) is 4. The zero-order chi connectivity index (χ0) is 12.6. The molecule has 4 heteroatoms. The Kier molecular flexibility index (Phi) is 8.21. The van der Waals surface area contributed by atoms with Crippen LogP contribution in [-0.2, 0) is 14.3 Å². The van der Waals surface area contributed by atoms with Gasteiger partial charge < -0.3 is 15.2 Å². The highest BCUT2D eigenvalue weighted by atomic mass is 16.6. The van der Waals surface area contributed by atoms with Crippen molar-refractivity contribution in [2.24, 2.45) is 23.5 Å². The van der Waals surface area contributed by atoms with Gasteiger partial charge in [-0.25, -0.2) is 0 Å². The molecule has 0 saturated heterocycles. The van der Waals surface area contributed by atoms with Gasteiger partial charge in [-0.05, 0) is 11.8 Å². The van der Waals surface area contributed by atoms with Gasteiger partial charge in [0.15, 0.2) is 0 Å². The van der Waals surface area contributed by atoms with E-state index in [-0.39, 0.29) is 17.8 Å². The Hall–Kier alpha value is -0.610. The summed E-state index contributed by atoms with van der Waals surface area (Å²) in [5.41, 5.74) is 5.51. The summed E-state index contributed by atoms with van der Waals surface area (Å²) in [4.78, 5) is 11.6. The lowest BCUT2D eigenvalue weighted by Crippen LogP contribution is -2.30. The van der Waals surface area contributed by atoms with Gasteiger partial charge in [0.1, 0.15) is 6.61 Å². The fourth-order valence-electron chi connectivity index (χ4n) is 1.27. The molecule has 0 rings (SSSR count). The van der Waals surface area contributed by atoms with E-state index < -0.39 is 0 Å². The number of nitrogens with two attached hydrogens (primary N) is 1. The van der Waals surface area contributed by atoms with Crippen LogP contribution in [0.2, 0.25) is 0 Å². The van der Waals surface area contributed by atoms with Gasteiger partial charge in [-0.15, -0.1) is 0 Å². The Labute approximate surface area is 98.5 Å². The average Bonchev–Trinajstić information content (AvgIpc) is 2.17. The van der Waals surface area contributed by atoms with Gasteiger partial charge in [0.2, 0.25) is 0 Å². The average molecular weight is 231 g/mol. The zero-order valence-electron chi connectivity index (χ0n) is 10.9. The van der Waals surface area contributed by atoms with E-state index in [2.05, 4.69) is 13.8 Å². The summed E-state index contributed by atoms with van der Waals surface area (Å²) in [6, 6.07) is 0. The summed E-state index contributed by atoms with van der Waals surface area (Å²) in [6.45, 7) is 9.89. The summed E-state index contributed by atoms with van der Waals surface area (Å²) in [7, 11) is 0. The second kappa shape index (κ2) is 8.53. The maximum absolute atomic E-state index is 11.6. The summed E-state index contributed by atoms with van der Waals surface area (Å²) in [6.07, 6.45) is 0. The van der Waals surface area contributed by atoms with Crippen molar-refractivity contribution in [3.05, 3.63) is 0 Å². The third kappa shape index (κ3) is 6.80. The molecule has 0 aromatic rings. The van der Waals surface area contributed by atoms with E-state index >= 15 is 0 Å². The number of rotatable bonds is 8. The molecule has 0 aliphatic carbocycles. The molecule has 0 heterocycles. The van der Waals surface area contributed by atoms with E-state index in [1.54, 1.807) is 0 Å². The molecule has 96 valence electrons. The third-order valence-electron chi connectivity index (χ3n) is 2.28.